The minimum absolute atomic E-state index is 0.128. The Morgan fingerprint density at radius 3 is 2.43 bits per heavy atom. The third-order valence-electron chi connectivity index (χ3n) is 4.48. The molecule has 28 heavy (non-hydrogen) atoms. The van der Waals surface area contributed by atoms with Crippen LogP contribution in [-0.2, 0) is 4.74 Å². The number of carbonyl (C=O) groups excluding carboxylic acids is 3. The zero-order chi connectivity index (χ0) is 20.2. The molecule has 2 heterocycles. The summed E-state index contributed by atoms with van der Waals surface area (Å²) in [6, 6.07) is 12.3. The van der Waals surface area contributed by atoms with Gasteiger partial charge in [-0.3, -0.25) is 14.9 Å². The Bertz CT molecular complexity index is 1170. The van der Waals surface area contributed by atoms with Gasteiger partial charge in [0.25, 0.3) is 11.8 Å². The summed E-state index contributed by atoms with van der Waals surface area (Å²) in [6.45, 7) is 5.34. The van der Waals surface area contributed by atoms with E-state index in [1.807, 2.05) is 18.2 Å². The van der Waals surface area contributed by atoms with Crippen molar-refractivity contribution in [2.45, 2.75) is 26.4 Å². The molecule has 1 aliphatic heterocycles. The number of nitrogens with zero attached hydrogens (tertiary/aromatic N) is 1. The number of para-hydroxylation sites is 1. The van der Waals surface area contributed by atoms with Crippen molar-refractivity contribution in [3.8, 4) is 11.3 Å². The summed E-state index contributed by atoms with van der Waals surface area (Å²) < 4.78 is 6.99. The second-order valence-electron chi connectivity index (χ2n) is 7.64. The van der Waals surface area contributed by atoms with Gasteiger partial charge in [-0.05, 0) is 45.0 Å². The van der Waals surface area contributed by atoms with E-state index < -0.39 is 23.5 Å². The molecular weight excluding hydrogens is 358 g/mol. The van der Waals surface area contributed by atoms with Gasteiger partial charge >= 0.3 is 6.09 Å². The quantitative estimate of drug-likeness (QED) is 0.498. The highest BCUT2D eigenvalue weighted by Gasteiger charge is 2.34. The van der Waals surface area contributed by atoms with Crippen LogP contribution in [-0.4, -0.2) is 28.1 Å². The van der Waals surface area contributed by atoms with Gasteiger partial charge in [0.1, 0.15) is 5.60 Å². The lowest BCUT2D eigenvalue weighted by Crippen LogP contribution is -2.27. The Morgan fingerprint density at radius 1 is 1.04 bits per heavy atom. The summed E-state index contributed by atoms with van der Waals surface area (Å²) in [6.07, 6.45) is -0.570. The lowest BCUT2D eigenvalue weighted by Gasteiger charge is -2.21. The number of ether oxygens (including phenoxy) is 1. The number of amides is 2. The first-order valence-corrected chi connectivity index (χ1v) is 8.80. The largest absolute Gasteiger partial charge is 0.443 e. The fourth-order valence-corrected chi connectivity index (χ4v) is 3.40. The fraction of sp³-hybridized carbons (Fsp3) is 0.190. The van der Waals surface area contributed by atoms with Crippen LogP contribution in [0.15, 0.2) is 42.5 Å². The first-order chi connectivity index (χ1) is 13.2. The van der Waals surface area contributed by atoms with Crippen LogP contribution in [0.4, 0.5) is 10.5 Å². The zero-order valence-corrected chi connectivity index (χ0v) is 15.7. The van der Waals surface area contributed by atoms with Crippen molar-refractivity contribution < 1.29 is 19.1 Å². The van der Waals surface area contributed by atoms with Crippen LogP contribution in [0.3, 0.4) is 0 Å². The Kier molecular flexibility index (Phi) is 3.78. The van der Waals surface area contributed by atoms with Gasteiger partial charge in [-0.2, -0.15) is 0 Å². The number of anilines is 1. The summed E-state index contributed by atoms with van der Waals surface area (Å²) in [5.41, 5.74) is 7.26. The van der Waals surface area contributed by atoms with Gasteiger partial charge in [-0.1, -0.05) is 18.2 Å². The van der Waals surface area contributed by atoms with Gasteiger partial charge in [0, 0.05) is 16.6 Å². The van der Waals surface area contributed by atoms with Crippen LogP contribution in [0.5, 0.6) is 0 Å². The Hall–Kier alpha value is -3.61. The Morgan fingerprint density at radius 2 is 1.71 bits per heavy atom. The molecule has 0 saturated heterocycles. The second kappa shape index (κ2) is 5.95. The van der Waals surface area contributed by atoms with Crippen molar-refractivity contribution >= 4 is 34.5 Å². The molecule has 0 aliphatic carbocycles. The van der Waals surface area contributed by atoms with Crippen molar-refractivity contribution in [1.29, 1.82) is 0 Å². The van der Waals surface area contributed by atoms with Crippen molar-refractivity contribution in [3.05, 3.63) is 53.6 Å². The molecule has 0 unspecified atom stereocenters. The van der Waals surface area contributed by atoms with Crippen LogP contribution in [0, 0.1) is 0 Å². The number of nitrogen functional groups attached to an aromatic ring is 1. The molecule has 0 atom stereocenters. The van der Waals surface area contributed by atoms with Crippen LogP contribution in [0.25, 0.3) is 22.2 Å². The number of nitrogens with one attached hydrogen (secondary N) is 1. The average molecular weight is 377 g/mol. The van der Waals surface area contributed by atoms with Crippen LogP contribution in [0.1, 0.15) is 41.5 Å². The van der Waals surface area contributed by atoms with Crippen molar-refractivity contribution in [3.63, 3.8) is 0 Å². The molecule has 142 valence electrons. The van der Waals surface area contributed by atoms with Crippen molar-refractivity contribution in [2.75, 3.05) is 5.73 Å². The molecule has 3 aromatic rings. The lowest BCUT2D eigenvalue weighted by atomic mass is 9.98. The topological polar surface area (TPSA) is 103 Å². The number of carbonyl (C=O) groups is 3. The number of benzene rings is 2. The summed E-state index contributed by atoms with van der Waals surface area (Å²) in [5.74, 6) is -1.08. The van der Waals surface area contributed by atoms with E-state index in [2.05, 4.69) is 5.32 Å². The SMILES string of the molecule is CC(C)(C)OC(=O)n1c(-c2ccc(N)c3c2C(=O)NC3=O)cc2ccccc21. The van der Waals surface area contributed by atoms with Gasteiger partial charge in [0.15, 0.2) is 0 Å². The van der Waals surface area contributed by atoms with Gasteiger partial charge in [0.05, 0.1) is 22.3 Å². The molecule has 0 saturated carbocycles. The standard InChI is InChI=1S/C21H19N3O4/c1-21(2,3)28-20(27)24-14-7-5-4-6-11(14)10-15(24)12-8-9-13(22)17-16(12)18(25)23-19(17)26/h4-10H,22H2,1-3H3,(H,23,25,26). The summed E-state index contributed by atoms with van der Waals surface area (Å²) in [5, 5.41) is 3.07. The molecule has 1 aromatic heterocycles. The third-order valence-corrected chi connectivity index (χ3v) is 4.48. The van der Waals surface area contributed by atoms with E-state index in [0.29, 0.717) is 16.8 Å². The van der Waals surface area contributed by atoms with E-state index in [1.54, 1.807) is 45.0 Å². The maximum atomic E-state index is 13.0. The molecule has 0 spiro atoms. The summed E-state index contributed by atoms with van der Waals surface area (Å²) in [7, 11) is 0. The third kappa shape index (κ3) is 2.72. The molecule has 7 nitrogen and oxygen atoms in total. The second-order valence-corrected chi connectivity index (χ2v) is 7.64. The average Bonchev–Trinajstić information content (AvgIpc) is 3.12. The smallest absolute Gasteiger partial charge is 0.419 e. The molecule has 2 amide bonds. The predicted molar refractivity (Wildman–Crippen MR) is 105 cm³/mol. The minimum atomic E-state index is -0.698. The number of hydrogen-bond donors (Lipinski definition) is 2. The molecule has 2 aromatic carbocycles. The number of imide groups is 1. The molecule has 7 heteroatoms. The number of hydrogen-bond acceptors (Lipinski definition) is 5. The van der Waals surface area contributed by atoms with Gasteiger partial charge < -0.3 is 10.5 Å². The van der Waals surface area contributed by atoms with Gasteiger partial charge in [0.2, 0.25) is 0 Å². The van der Waals surface area contributed by atoms with E-state index in [0.717, 1.165) is 5.39 Å². The summed E-state index contributed by atoms with van der Waals surface area (Å²) >= 11 is 0. The van der Waals surface area contributed by atoms with Gasteiger partial charge in [-0.25, -0.2) is 9.36 Å². The van der Waals surface area contributed by atoms with Crippen molar-refractivity contribution in [2.24, 2.45) is 0 Å². The zero-order valence-electron chi connectivity index (χ0n) is 15.7. The van der Waals surface area contributed by atoms with E-state index >= 15 is 0 Å². The van der Waals surface area contributed by atoms with Crippen LogP contribution >= 0.6 is 0 Å². The van der Waals surface area contributed by atoms with Crippen LogP contribution < -0.4 is 11.1 Å². The van der Waals surface area contributed by atoms with E-state index in [9.17, 15) is 14.4 Å². The highest BCUT2D eigenvalue weighted by Crippen LogP contribution is 2.36. The van der Waals surface area contributed by atoms with Gasteiger partial charge in [-0.15, -0.1) is 0 Å². The molecule has 0 bridgehead atoms. The highest BCUT2D eigenvalue weighted by atomic mass is 16.6. The molecule has 0 fully saturated rings. The monoisotopic (exact) mass is 377 g/mol. The first-order valence-electron chi connectivity index (χ1n) is 8.80. The minimum Gasteiger partial charge on any atom is -0.443 e. The number of aromatic nitrogens is 1. The Labute approximate surface area is 161 Å². The molecule has 1 aliphatic rings. The number of nitrogens with two attached hydrogens (primary N) is 1. The first kappa shape index (κ1) is 17.8. The fourth-order valence-electron chi connectivity index (χ4n) is 3.40. The molecule has 4 rings (SSSR count). The molecular formula is C21H19N3O4. The maximum Gasteiger partial charge on any atom is 0.419 e. The number of fused-ring (bicyclic) bond motifs is 2. The van der Waals surface area contributed by atoms with Crippen LogP contribution in [0.2, 0.25) is 0 Å². The van der Waals surface area contributed by atoms with E-state index in [4.69, 9.17) is 10.5 Å². The Balaban J connectivity index is 2.02. The number of rotatable bonds is 1. The normalized spacial score (nSPS) is 13.5. The summed E-state index contributed by atoms with van der Waals surface area (Å²) in [4.78, 5) is 37.6. The van der Waals surface area contributed by atoms with E-state index in [-0.39, 0.29) is 16.8 Å². The maximum absolute atomic E-state index is 13.0. The van der Waals surface area contributed by atoms with Crippen molar-refractivity contribution in [1.82, 2.24) is 9.88 Å². The highest BCUT2D eigenvalue weighted by molar-refractivity contribution is 6.26. The molecule has 0 radical (unpaired) electrons. The predicted octanol–water partition coefficient (Wildman–Crippen LogP) is 3.56. The van der Waals surface area contributed by atoms with E-state index in [1.165, 1.54) is 4.57 Å². The molecule has 3 N–H and O–H groups in total. The lowest BCUT2D eigenvalue weighted by molar-refractivity contribution is 0.0546.